The Morgan fingerprint density at radius 3 is 2.62 bits per heavy atom. The highest BCUT2D eigenvalue weighted by molar-refractivity contribution is 7.89. The van der Waals surface area contributed by atoms with E-state index in [2.05, 4.69) is 0 Å². The maximum absolute atomic E-state index is 12.7. The second-order valence-electron chi connectivity index (χ2n) is 5.40. The number of rotatable bonds is 5. The van der Waals surface area contributed by atoms with Crippen molar-refractivity contribution in [3.63, 3.8) is 0 Å². The van der Waals surface area contributed by atoms with Crippen LogP contribution in [0.1, 0.15) is 43.5 Å². The topological polar surface area (TPSA) is 71.5 Å². The summed E-state index contributed by atoms with van der Waals surface area (Å²) in [4.78, 5) is 22.8. The molecule has 0 N–H and O–H groups in total. The minimum Gasteiger partial charge on any atom is -0.300 e. The Morgan fingerprint density at radius 1 is 1.29 bits per heavy atom. The van der Waals surface area contributed by atoms with Crippen LogP contribution in [0.25, 0.3) is 0 Å². The Kier molecular flexibility index (Phi) is 4.58. The summed E-state index contributed by atoms with van der Waals surface area (Å²) in [6.45, 7) is 3.30. The van der Waals surface area contributed by atoms with Crippen LogP contribution in [0.4, 0.5) is 0 Å². The largest absolute Gasteiger partial charge is 0.300 e. The third-order valence-corrected chi connectivity index (χ3v) is 5.64. The van der Waals surface area contributed by atoms with E-state index in [9.17, 15) is 18.0 Å². The number of benzene rings is 1. The molecule has 0 spiro atoms. The summed E-state index contributed by atoms with van der Waals surface area (Å²) in [5, 5.41) is 0. The van der Waals surface area contributed by atoms with Crippen LogP contribution in [0.5, 0.6) is 0 Å². The predicted octanol–water partition coefficient (Wildman–Crippen LogP) is 2.02. The Labute approximate surface area is 125 Å². The zero-order valence-corrected chi connectivity index (χ0v) is 13.0. The van der Waals surface area contributed by atoms with Crippen LogP contribution in [-0.2, 0) is 14.8 Å². The van der Waals surface area contributed by atoms with Crippen molar-refractivity contribution in [2.75, 3.05) is 6.54 Å². The summed E-state index contributed by atoms with van der Waals surface area (Å²) in [6.07, 6.45) is 1.69. The molecule has 6 heteroatoms. The van der Waals surface area contributed by atoms with Gasteiger partial charge in [-0.2, -0.15) is 4.31 Å². The monoisotopic (exact) mass is 309 g/mol. The second-order valence-corrected chi connectivity index (χ2v) is 7.29. The normalized spacial score (nSPS) is 19.6. The van der Waals surface area contributed by atoms with E-state index >= 15 is 0 Å². The first-order valence-corrected chi connectivity index (χ1v) is 8.38. The Hall–Kier alpha value is -1.53. The van der Waals surface area contributed by atoms with Crippen LogP contribution in [0.3, 0.4) is 0 Å². The molecule has 1 atom stereocenters. The highest BCUT2D eigenvalue weighted by Crippen LogP contribution is 2.28. The average molecular weight is 309 g/mol. The molecule has 1 aromatic rings. The van der Waals surface area contributed by atoms with E-state index in [0.717, 1.165) is 6.42 Å². The fourth-order valence-corrected chi connectivity index (χ4v) is 4.41. The fraction of sp³-hybridized carbons (Fsp3) is 0.467. The van der Waals surface area contributed by atoms with Gasteiger partial charge >= 0.3 is 0 Å². The third kappa shape index (κ3) is 3.39. The maximum Gasteiger partial charge on any atom is 0.243 e. The van der Waals surface area contributed by atoms with E-state index in [1.54, 1.807) is 12.1 Å². The van der Waals surface area contributed by atoms with E-state index in [0.29, 0.717) is 18.5 Å². The van der Waals surface area contributed by atoms with Crippen molar-refractivity contribution < 1.29 is 18.0 Å². The van der Waals surface area contributed by atoms with Crippen LogP contribution in [0, 0.1) is 0 Å². The number of hydrogen-bond donors (Lipinski definition) is 0. The van der Waals surface area contributed by atoms with E-state index in [1.165, 1.54) is 30.3 Å². The van der Waals surface area contributed by atoms with Crippen LogP contribution < -0.4 is 0 Å². The molecular weight excluding hydrogens is 290 g/mol. The molecule has 1 heterocycles. The molecule has 1 unspecified atom stereocenters. The van der Waals surface area contributed by atoms with Crippen LogP contribution in [-0.4, -0.2) is 36.9 Å². The number of carbonyl (C=O) groups excluding carboxylic acids is 2. The van der Waals surface area contributed by atoms with Gasteiger partial charge in [0, 0.05) is 24.6 Å². The minimum atomic E-state index is -3.66. The first-order valence-electron chi connectivity index (χ1n) is 6.94. The lowest BCUT2D eigenvalue weighted by atomic mass is 10.1. The molecule has 1 fully saturated rings. The van der Waals surface area contributed by atoms with Gasteiger partial charge in [-0.05, 0) is 38.8 Å². The molecule has 0 aliphatic carbocycles. The molecule has 0 bridgehead atoms. The maximum atomic E-state index is 12.7. The molecule has 2 rings (SSSR count). The van der Waals surface area contributed by atoms with Crippen molar-refractivity contribution in [1.29, 1.82) is 0 Å². The first-order chi connectivity index (χ1) is 9.82. The highest BCUT2D eigenvalue weighted by Gasteiger charge is 2.35. The van der Waals surface area contributed by atoms with E-state index in [1.807, 2.05) is 0 Å². The lowest BCUT2D eigenvalue weighted by molar-refractivity contribution is -0.117. The number of hydrogen-bond acceptors (Lipinski definition) is 4. The van der Waals surface area contributed by atoms with Crippen LogP contribution >= 0.6 is 0 Å². The number of nitrogens with zero attached hydrogens (tertiary/aromatic N) is 1. The summed E-state index contributed by atoms with van der Waals surface area (Å²) in [6, 6.07) is 5.79. The zero-order chi connectivity index (χ0) is 15.6. The van der Waals surface area contributed by atoms with E-state index in [4.69, 9.17) is 0 Å². The Balaban J connectivity index is 2.35. The molecule has 1 aliphatic heterocycles. The second kappa shape index (κ2) is 6.07. The standard InChI is InChI=1S/C15H19NO4S/c1-11(17)9-14-6-4-8-16(14)21(19,20)15-7-3-5-13(10-15)12(2)18/h3,5,7,10,14H,4,6,8-9H2,1-2H3. The van der Waals surface area contributed by atoms with Gasteiger partial charge in [-0.1, -0.05) is 12.1 Å². The highest BCUT2D eigenvalue weighted by atomic mass is 32.2. The molecule has 21 heavy (non-hydrogen) atoms. The summed E-state index contributed by atoms with van der Waals surface area (Å²) in [5.41, 5.74) is 0.374. The smallest absolute Gasteiger partial charge is 0.243 e. The molecule has 0 aromatic heterocycles. The molecule has 0 radical (unpaired) electrons. The number of sulfonamides is 1. The number of carbonyl (C=O) groups is 2. The molecule has 0 saturated carbocycles. The van der Waals surface area contributed by atoms with Crippen molar-refractivity contribution in [1.82, 2.24) is 4.31 Å². The Morgan fingerprint density at radius 2 is 2.00 bits per heavy atom. The first kappa shape index (κ1) is 15.9. The lowest BCUT2D eigenvalue weighted by Crippen LogP contribution is -2.36. The van der Waals surface area contributed by atoms with Crippen molar-refractivity contribution in [3.05, 3.63) is 29.8 Å². The van der Waals surface area contributed by atoms with Crippen molar-refractivity contribution in [2.45, 2.75) is 44.0 Å². The molecular formula is C15H19NO4S. The van der Waals surface area contributed by atoms with Crippen molar-refractivity contribution in [3.8, 4) is 0 Å². The number of Topliss-reactive ketones (excluding diaryl/α,β-unsaturated/α-hetero) is 2. The summed E-state index contributed by atoms with van der Waals surface area (Å²) in [5.74, 6) is -0.187. The fourth-order valence-electron chi connectivity index (χ4n) is 2.67. The SMILES string of the molecule is CC(=O)CC1CCCN1S(=O)(=O)c1cccc(C(C)=O)c1. The molecule has 1 saturated heterocycles. The van der Waals surface area contributed by atoms with Gasteiger partial charge < -0.3 is 0 Å². The van der Waals surface area contributed by atoms with Crippen molar-refractivity contribution >= 4 is 21.6 Å². The Bertz CT molecular complexity index is 666. The molecule has 5 nitrogen and oxygen atoms in total. The van der Waals surface area contributed by atoms with E-state index in [-0.39, 0.29) is 28.9 Å². The van der Waals surface area contributed by atoms with E-state index < -0.39 is 10.0 Å². The van der Waals surface area contributed by atoms with Crippen LogP contribution in [0.2, 0.25) is 0 Å². The molecule has 114 valence electrons. The predicted molar refractivity (Wildman–Crippen MR) is 78.7 cm³/mol. The van der Waals surface area contributed by atoms with Gasteiger partial charge in [-0.15, -0.1) is 0 Å². The summed E-state index contributed by atoms with van der Waals surface area (Å²) in [7, 11) is -3.66. The average Bonchev–Trinajstić information content (AvgIpc) is 2.86. The quantitative estimate of drug-likeness (QED) is 0.780. The van der Waals surface area contributed by atoms with Gasteiger partial charge in [-0.25, -0.2) is 8.42 Å². The third-order valence-electron chi connectivity index (χ3n) is 3.69. The van der Waals surface area contributed by atoms with Gasteiger partial charge in [0.05, 0.1) is 4.90 Å². The minimum absolute atomic E-state index is 0.0143. The van der Waals surface area contributed by atoms with Crippen molar-refractivity contribution in [2.24, 2.45) is 0 Å². The summed E-state index contributed by atoms with van der Waals surface area (Å²) < 4.78 is 26.8. The van der Waals surface area contributed by atoms with Gasteiger partial charge in [0.2, 0.25) is 10.0 Å². The molecule has 1 aromatic carbocycles. The molecule has 1 aliphatic rings. The van der Waals surface area contributed by atoms with Gasteiger partial charge in [-0.3, -0.25) is 9.59 Å². The summed E-state index contributed by atoms with van der Waals surface area (Å²) >= 11 is 0. The van der Waals surface area contributed by atoms with Gasteiger partial charge in [0.1, 0.15) is 5.78 Å². The zero-order valence-electron chi connectivity index (χ0n) is 12.2. The lowest BCUT2D eigenvalue weighted by Gasteiger charge is -2.23. The van der Waals surface area contributed by atoms with Gasteiger partial charge in [0.25, 0.3) is 0 Å². The van der Waals surface area contributed by atoms with Crippen LogP contribution in [0.15, 0.2) is 29.2 Å². The number of ketones is 2. The molecule has 0 amide bonds. The van der Waals surface area contributed by atoms with Gasteiger partial charge in [0.15, 0.2) is 5.78 Å².